The molecule has 2 aromatic rings. The molecule has 0 amide bonds. The van der Waals surface area contributed by atoms with Crippen LogP contribution in [0.4, 0.5) is 0 Å². The highest BCUT2D eigenvalue weighted by Crippen LogP contribution is 2.32. The average Bonchev–Trinajstić information content (AvgIpc) is 2.53. The third kappa shape index (κ3) is 4.20. The highest BCUT2D eigenvalue weighted by Gasteiger charge is 2.14. The molecule has 0 heterocycles. The standard InChI is InChI=1S/C16H20O2P2/c1-14(20(18)16-10-6-3-7-11-16)12-13-19(17)15-8-4-2-5-9-15/h2-11,14,19-20H,12-13H2,1H3. The lowest BCUT2D eigenvalue weighted by atomic mass is 10.4. The molecule has 0 aromatic heterocycles. The second-order valence-electron chi connectivity index (χ2n) is 4.96. The van der Waals surface area contributed by atoms with E-state index in [0.717, 1.165) is 17.0 Å². The summed E-state index contributed by atoms with van der Waals surface area (Å²) in [5, 5.41) is 1.84. The van der Waals surface area contributed by atoms with E-state index in [1.165, 1.54) is 0 Å². The van der Waals surface area contributed by atoms with Crippen LogP contribution >= 0.6 is 15.6 Å². The molecule has 3 atom stereocenters. The Labute approximate surface area is 121 Å². The van der Waals surface area contributed by atoms with Crippen LogP contribution in [0.2, 0.25) is 0 Å². The zero-order chi connectivity index (χ0) is 14.4. The molecule has 0 aliphatic heterocycles. The molecule has 0 spiro atoms. The fraction of sp³-hybridized carbons (Fsp3) is 0.250. The van der Waals surface area contributed by atoms with Gasteiger partial charge >= 0.3 is 0 Å². The Morgan fingerprint density at radius 2 is 1.35 bits per heavy atom. The quantitative estimate of drug-likeness (QED) is 0.765. The van der Waals surface area contributed by atoms with Gasteiger partial charge in [0.25, 0.3) is 0 Å². The van der Waals surface area contributed by atoms with Gasteiger partial charge in [0, 0.05) is 22.4 Å². The highest BCUT2D eigenvalue weighted by atomic mass is 31.1. The van der Waals surface area contributed by atoms with Crippen LogP contribution in [0.5, 0.6) is 0 Å². The summed E-state index contributed by atoms with van der Waals surface area (Å²) in [6.07, 6.45) is 1.39. The van der Waals surface area contributed by atoms with Crippen LogP contribution in [0.15, 0.2) is 60.7 Å². The minimum Gasteiger partial charge on any atom is -0.322 e. The van der Waals surface area contributed by atoms with Crippen molar-refractivity contribution < 1.29 is 9.13 Å². The van der Waals surface area contributed by atoms with E-state index in [2.05, 4.69) is 0 Å². The third-order valence-corrected chi connectivity index (χ3v) is 7.21. The van der Waals surface area contributed by atoms with E-state index >= 15 is 0 Å². The van der Waals surface area contributed by atoms with Crippen molar-refractivity contribution in [2.75, 3.05) is 6.16 Å². The lowest BCUT2D eigenvalue weighted by Crippen LogP contribution is -2.08. The summed E-state index contributed by atoms with van der Waals surface area (Å²) in [6, 6.07) is 19.2. The molecular formula is C16H20O2P2. The molecule has 0 N–H and O–H groups in total. The molecule has 2 nitrogen and oxygen atoms in total. The fourth-order valence-electron chi connectivity index (χ4n) is 2.13. The predicted molar refractivity (Wildman–Crippen MR) is 89.1 cm³/mol. The maximum atomic E-state index is 12.4. The summed E-state index contributed by atoms with van der Waals surface area (Å²) in [5.41, 5.74) is 0.0973. The lowest BCUT2D eigenvalue weighted by molar-refractivity contribution is 0.582. The highest BCUT2D eigenvalue weighted by molar-refractivity contribution is 7.55. The van der Waals surface area contributed by atoms with E-state index in [-0.39, 0.29) is 5.66 Å². The average molecular weight is 306 g/mol. The van der Waals surface area contributed by atoms with Gasteiger partial charge in [0.15, 0.2) is 0 Å². The maximum absolute atomic E-state index is 12.4. The van der Waals surface area contributed by atoms with Crippen LogP contribution in [-0.2, 0) is 9.13 Å². The summed E-state index contributed by atoms with van der Waals surface area (Å²) in [7, 11) is -3.54. The van der Waals surface area contributed by atoms with E-state index in [1.54, 1.807) is 0 Å². The molecule has 106 valence electrons. The third-order valence-electron chi connectivity index (χ3n) is 3.41. The van der Waals surface area contributed by atoms with Crippen LogP contribution in [0.25, 0.3) is 0 Å². The molecule has 0 aliphatic rings. The maximum Gasteiger partial charge on any atom is 0.106 e. The first-order chi connectivity index (χ1) is 9.68. The SMILES string of the molecule is CC(CC[PH](=O)c1ccccc1)[PH](=O)c1ccccc1. The van der Waals surface area contributed by atoms with Crippen molar-refractivity contribution >= 4 is 26.2 Å². The summed E-state index contributed by atoms with van der Waals surface area (Å²) in [6.45, 7) is 1.99. The Kier molecular flexibility index (Phi) is 5.83. The molecule has 4 heteroatoms. The van der Waals surface area contributed by atoms with Crippen LogP contribution < -0.4 is 10.6 Å². The van der Waals surface area contributed by atoms with E-state index in [4.69, 9.17) is 0 Å². The second kappa shape index (κ2) is 7.62. The number of benzene rings is 2. The van der Waals surface area contributed by atoms with Gasteiger partial charge in [-0.3, -0.25) is 0 Å². The first kappa shape index (κ1) is 15.3. The van der Waals surface area contributed by atoms with Gasteiger partial charge in [-0.1, -0.05) is 67.6 Å². The van der Waals surface area contributed by atoms with Crippen LogP contribution in [-0.4, -0.2) is 11.8 Å². The topological polar surface area (TPSA) is 34.1 Å². The molecule has 0 fully saturated rings. The Bertz CT molecular complexity index is 582. The van der Waals surface area contributed by atoms with Gasteiger partial charge in [-0.2, -0.15) is 0 Å². The van der Waals surface area contributed by atoms with Gasteiger partial charge in [0.05, 0.1) is 0 Å². The van der Waals surface area contributed by atoms with E-state index < -0.39 is 15.6 Å². The van der Waals surface area contributed by atoms with Crippen molar-refractivity contribution in [2.24, 2.45) is 0 Å². The summed E-state index contributed by atoms with van der Waals surface area (Å²) in [5.74, 6) is 0. The Hall–Kier alpha value is -1.10. The largest absolute Gasteiger partial charge is 0.322 e. The summed E-state index contributed by atoms with van der Waals surface area (Å²) >= 11 is 0. The normalized spacial score (nSPS) is 15.4. The van der Waals surface area contributed by atoms with Crippen molar-refractivity contribution in [2.45, 2.75) is 19.0 Å². The predicted octanol–water partition coefficient (Wildman–Crippen LogP) is 3.54. The van der Waals surface area contributed by atoms with Crippen molar-refractivity contribution in [3.05, 3.63) is 60.7 Å². The lowest BCUT2D eigenvalue weighted by Gasteiger charge is -2.11. The Morgan fingerprint density at radius 1 is 0.850 bits per heavy atom. The molecular weight excluding hydrogens is 286 g/mol. The second-order valence-corrected chi connectivity index (χ2v) is 9.17. The minimum atomic E-state index is -1.79. The molecule has 0 aliphatic carbocycles. The Morgan fingerprint density at radius 3 is 1.90 bits per heavy atom. The van der Waals surface area contributed by atoms with Gasteiger partial charge in [-0.25, -0.2) is 0 Å². The van der Waals surface area contributed by atoms with E-state index in [1.807, 2.05) is 67.6 Å². The van der Waals surface area contributed by atoms with E-state index in [9.17, 15) is 9.13 Å². The molecule has 0 radical (unpaired) electrons. The zero-order valence-electron chi connectivity index (χ0n) is 11.6. The minimum absolute atomic E-state index is 0.0973. The summed E-state index contributed by atoms with van der Waals surface area (Å²) in [4.78, 5) is 0. The van der Waals surface area contributed by atoms with Gasteiger partial charge in [0.1, 0.15) is 15.6 Å². The Balaban J connectivity index is 1.91. The van der Waals surface area contributed by atoms with Gasteiger partial charge in [0.2, 0.25) is 0 Å². The van der Waals surface area contributed by atoms with Gasteiger partial charge in [-0.15, -0.1) is 0 Å². The molecule has 0 saturated carbocycles. The molecule has 2 aromatic carbocycles. The van der Waals surface area contributed by atoms with Crippen LogP contribution in [0.3, 0.4) is 0 Å². The van der Waals surface area contributed by atoms with Crippen LogP contribution in [0, 0.1) is 0 Å². The molecule has 0 saturated heterocycles. The van der Waals surface area contributed by atoms with Gasteiger partial charge < -0.3 is 9.13 Å². The monoisotopic (exact) mass is 306 g/mol. The number of rotatable bonds is 6. The number of hydrogen-bond donors (Lipinski definition) is 0. The van der Waals surface area contributed by atoms with Crippen LogP contribution in [0.1, 0.15) is 13.3 Å². The van der Waals surface area contributed by atoms with Gasteiger partial charge in [-0.05, 0) is 6.42 Å². The van der Waals surface area contributed by atoms with Crippen molar-refractivity contribution in [3.8, 4) is 0 Å². The first-order valence-corrected chi connectivity index (χ1v) is 9.96. The van der Waals surface area contributed by atoms with Crippen molar-refractivity contribution in [1.82, 2.24) is 0 Å². The number of hydrogen-bond acceptors (Lipinski definition) is 2. The first-order valence-electron chi connectivity index (χ1n) is 6.86. The summed E-state index contributed by atoms with van der Waals surface area (Å²) < 4.78 is 24.6. The smallest absolute Gasteiger partial charge is 0.106 e. The molecule has 20 heavy (non-hydrogen) atoms. The fourth-order valence-corrected chi connectivity index (χ4v) is 5.47. The molecule has 3 unspecified atom stereocenters. The van der Waals surface area contributed by atoms with Crippen molar-refractivity contribution in [3.63, 3.8) is 0 Å². The molecule has 0 bridgehead atoms. The van der Waals surface area contributed by atoms with Crippen molar-refractivity contribution in [1.29, 1.82) is 0 Å². The van der Waals surface area contributed by atoms with E-state index in [0.29, 0.717) is 6.16 Å². The zero-order valence-corrected chi connectivity index (χ0v) is 13.6. The molecule has 2 rings (SSSR count).